The molecular weight excluding hydrogens is 347 g/mol. The summed E-state index contributed by atoms with van der Waals surface area (Å²) >= 11 is 6.16. The number of carbonyl (C=O) groups is 1. The number of carbonyl (C=O) groups excluding carboxylic acids is 1. The van der Waals surface area contributed by atoms with E-state index in [0.717, 1.165) is 21.8 Å². The van der Waals surface area contributed by atoms with E-state index in [0.29, 0.717) is 23.9 Å². The highest BCUT2D eigenvalue weighted by molar-refractivity contribution is 6.30. The van der Waals surface area contributed by atoms with E-state index in [4.69, 9.17) is 21.1 Å². The van der Waals surface area contributed by atoms with Gasteiger partial charge in [0.15, 0.2) is 13.3 Å². The molecule has 1 amide bonds. The molecule has 25 heavy (non-hydrogen) atoms. The van der Waals surface area contributed by atoms with Crippen LogP contribution in [0.25, 0.3) is 0 Å². The summed E-state index contributed by atoms with van der Waals surface area (Å²) in [4.78, 5) is 13.1. The lowest BCUT2D eigenvalue weighted by molar-refractivity contribution is -0.885. The van der Waals surface area contributed by atoms with Gasteiger partial charge in [0.25, 0.3) is 5.91 Å². The van der Waals surface area contributed by atoms with Gasteiger partial charge >= 0.3 is 0 Å². The Bertz CT molecular complexity index is 768. The maximum atomic E-state index is 12.9. The summed E-state index contributed by atoms with van der Waals surface area (Å²) in [5.74, 6) is 0.300. The van der Waals surface area contributed by atoms with Crippen LogP contribution >= 0.6 is 11.6 Å². The Morgan fingerprint density at radius 2 is 2.08 bits per heavy atom. The Kier molecular flexibility index (Phi) is 5.53. The molecule has 1 heterocycles. The minimum absolute atomic E-state index is 0.149. The van der Waals surface area contributed by atoms with Crippen molar-refractivity contribution in [3.05, 3.63) is 58.4 Å². The van der Waals surface area contributed by atoms with Crippen molar-refractivity contribution >= 4 is 23.2 Å². The molecule has 0 bridgehead atoms. The number of benzene rings is 2. The van der Waals surface area contributed by atoms with Crippen LogP contribution in [0.15, 0.2) is 36.4 Å². The summed E-state index contributed by atoms with van der Waals surface area (Å²) in [7, 11) is 1.91. The fourth-order valence-electron chi connectivity index (χ4n) is 2.79. The van der Waals surface area contributed by atoms with Gasteiger partial charge in [0.05, 0.1) is 19.2 Å². The van der Waals surface area contributed by atoms with Gasteiger partial charge in [-0.1, -0.05) is 11.6 Å². The molecule has 1 atom stereocenters. The topological polar surface area (TPSA) is 52.0 Å². The standard InChI is InChI=1S/C18H18ClFN2O3/c1-22(9-17(23)21-16-4-2-15(20)3-5-16)8-12-6-14(19)7-13-10-24-11-25-18(12)13/h2-7H,8-11H2,1H3,(H,21,23)/p+1. The van der Waals surface area contributed by atoms with Gasteiger partial charge in [0, 0.05) is 16.3 Å². The van der Waals surface area contributed by atoms with Gasteiger partial charge in [-0.05, 0) is 36.4 Å². The van der Waals surface area contributed by atoms with E-state index >= 15 is 0 Å². The van der Waals surface area contributed by atoms with Crippen LogP contribution < -0.4 is 15.0 Å². The van der Waals surface area contributed by atoms with E-state index in [1.54, 1.807) is 0 Å². The zero-order valence-electron chi connectivity index (χ0n) is 13.8. The van der Waals surface area contributed by atoms with Crippen LogP contribution in [-0.2, 0) is 22.7 Å². The lowest BCUT2D eigenvalue weighted by Gasteiger charge is -2.22. The fraction of sp³-hybridized carbons (Fsp3) is 0.278. The SMILES string of the molecule is C[NH+](CC(=O)Nc1ccc(F)cc1)Cc1cc(Cl)cc2c1OCOC2. The van der Waals surface area contributed by atoms with Crippen molar-refractivity contribution in [1.82, 2.24) is 0 Å². The van der Waals surface area contributed by atoms with Gasteiger partial charge in [0.1, 0.15) is 18.1 Å². The van der Waals surface area contributed by atoms with Crippen LogP contribution in [0, 0.1) is 5.82 Å². The first-order valence-corrected chi connectivity index (χ1v) is 8.27. The molecule has 0 aliphatic carbocycles. The Hall–Kier alpha value is -2.15. The van der Waals surface area contributed by atoms with Crippen LogP contribution in [0.1, 0.15) is 11.1 Å². The first-order chi connectivity index (χ1) is 12.0. The Morgan fingerprint density at radius 3 is 2.84 bits per heavy atom. The number of rotatable bonds is 5. The number of hydrogen-bond donors (Lipinski definition) is 2. The van der Waals surface area contributed by atoms with Gasteiger partial charge < -0.3 is 19.7 Å². The molecule has 132 valence electrons. The Balaban J connectivity index is 1.62. The number of ether oxygens (including phenoxy) is 2. The normalized spacial score (nSPS) is 14.4. The number of likely N-dealkylation sites (N-methyl/N-ethyl adjacent to an activating group) is 1. The lowest BCUT2D eigenvalue weighted by Crippen LogP contribution is -3.08. The van der Waals surface area contributed by atoms with Crippen molar-refractivity contribution in [2.75, 3.05) is 25.7 Å². The van der Waals surface area contributed by atoms with Crippen molar-refractivity contribution in [3.8, 4) is 5.75 Å². The molecule has 0 radical (unpaired) electrons. The van der Waals surface area contributed by atoms with Gasteiger partial charge in [-0.2, -0.15) is 0 Å². The fourth-order valence-corrected chi connectivity index (χ4v) is 3.05. The first kappa shape index (κ1) is 17.7. The van der Waals surface area contributed by atoms with E-state index in [-0.39, 0.29) is 25.1 Å². The zero-order valence-corrected chi connectivity index (χ0v) is 14.5. The average molecular weight is 366 g/mol. The Morgan fingerprint density at radius 1 is 1.32 bits per heavy atom. The molecule has 1 unspecified atom stereocenters. The third kappa shape index (κ3) is 4.69. The summed E-state index contributed by atoms with van der Waals surface area (Å²) in [5.41, 5.74) is 2.43. The minimum Gasteiger partial charge on any atom is -0.467 e. The van der Waals surface area contributed by atoms with Gasteiger partial charge in [-0.25, -0.2) is 4.39 Å². The molecule has 3 rings (SSSR count). The second kappa shape index (κ2) is 7.82. The zero-order chi connectivity index (χ0) is 17.8. The van der Waals surface area contributed by atoms with Crippen molar-refractivity contribution in [1.29, 1.82) is 0 Å². The number of fused-ring (bicyclic) bond motifs is 1. The summed E-state index contributed by atoms with van der Waals surface area (Å²) in [6.45, 7) is 1.52. The number of quaternary nitrogens is 1. The maximum absolute atomic E-state index is 12.9. The number of hydrogen-bond acceptors (Lipinski definition) is 3. The summed E-state index contributed by atoms with van der Waals surface area (Å²) < 4.78 is 23.8. The highest BCUT2D eigenvalue weighted by Gasteiger charge is 2.20. The third-order valence-corrected chi connectivity index (χ3v) is 4.05. The lowest BCUT2D eigenvalue weighted by atomic mass is 10.1. The first-order valence-electron chi connectivity index (χ1n) is 7.90. The van der Waals surface area contributed by atoms with Crippen LogP contribution in [-0.4, -0.2) is 26.3 Å². The predicted octanol–water partition coefficient (Wildman–Crippen LogP) is 2.00. The predicted molar refractivity (Wildman–Crippen MR) is 92.2 cm³/mol. The third-order valence-electron chi connectivity index (χ3n) is 3.83. The van der Waals surface area contributed by atoms with E-state index in [9.17, 15) is 9.18 Å². The summed E-state index contributed by atoms with van der Waals surface area (Å²) in [6.07, 6.45) is 0. The molecule has 5 nitrogen and oxygen atoms in total. The molecule has 1 aliphatic rings. The average Bonchev–Trinajstić information content (AvgIpc) is 2.56. The molecule has 0 saturated carbocycles. The highest BCUT2D eigenvalue weighted by atomic mass is 35.5. The summed E-state index contributed by atoms with van der Waals surface area (Å²) in [5, 5.41) is 3.37. The molecule has 0 spiro atoms. The quantitative estimate of drug-likeness (QED) is 0.852. The largest absolute Gasteiger partial charge is 0.467 e. The van der Waals surface area contributed by atoms with E-state index in [1.807, 2.05) is 19.2 Å². The highest BCUT2D eigenvalue weighted by Crippen LogP contribution is 2.31. The molecule has 2 aromatic rings. The van der Waals surface area contributed by atoms with Gasteiger partial charge in [0.2, 0.25) is 0 Å². The van der Waals surface area contributed by atoms with E-state index < -0.39 is 0 Å². The van der Waals surface area contributed by atoms with Crippen LogP contribution in [0.2, 0.25) is 5.02 Å². The second-order valence-corrected chi connectivity index (χ2v) is 6.47. The summed E-state index contributed by atoms with van der Waals surface area (Å²) in [6, 6.07) is 9.37. The van der Waals surface area contributed by atoms with E-state index in [1.165, 1.54) is 24.3 Å². The van der Waals surface area contributed by atoms with Crippen LogP contribution in [0.5, 0.6) is 5.75 Å². The van der Waals surface area contributed by atoms with Gasteiger partial charge in [-0.15, -0.1) is 0 Å². The molecule has 0 fully saturated rings. The number of anilines is 1. The monoisotopic (exact) mass is 365 g/mol. The van der Waals surface area contributed by atoms with Gasteiger partial charge in [-0.3, -0.25) is 4.79 Å². The minimum atomic E-state index is -0.338. The maximum Gasteiger partial charge on any atom is 0.279 e. The Labute approximate surface area is 150 Å². The molecular formula is C18H19ClFN2O3+. The molecule has 7 heteroatoms. The van der Waals surface area contributed by atoms with E-state index in [2.05, 4.69) is 5.32 Å². The number of nitrogens with one attached hydrogen (secondary N) is 2. The molecule has 2 aromatic carbocycles. The van der Waals surface area contributed by atoms with Crippen LogP contribution in [0.3, 0.4) is 0 Å². The molecule has 0 saturated heterocycles. The van der Waals surface area contributed by atoms with Crippen molar-refractivity contribution in [3.63, 3.8) is 0 Å². The second-order valence-electron chi connectivity index (χ2n) is 6.03. The van der Waals surface area contributed by atoms with Crippen LogP contribution in [0.4, 0.5) is 10.1 Å². The van der Waals surface area contributed by atoms with Crippen molar-refractivity contribution in [2.45, 2.75) is 13.2 Å². The molecule has 1 aliphatic heterocycles. The van der Waals surface area contributed by atoms with Crippen molar-refractivity contribution in [2.24, 2.45) is 0 Å². The smallest absolute Gasteiger partial charge is 0.279 e. The molecule has 2 N–H and O–H groups in total. The number of amides is 1. The van der Waals surface area contributed by atoms with Crippen molar-refractivity contribution < 1.29 is 23.6 Å². The number of halogens is 2. The molecule has 0 aromatic heterocycles.